The quantitative estimate of drug-likeness (QED) is 0.776. The largest absolute Gasteiger partial charge is 0.482 e. The number of amides is 1. The lowest BCUT2D eigenvalue weighted by Gasteiger charge is -2.12. The number of nitrogens with one attached hydrogen (secondary N) is 2. The molecule has 1 aromatic rings. The molecule has 5 heteroatoms. The van der Waals surface area contributed by atoms with E-state index in [9.17, 15) is 4.79 Å². The van der Waals surface area contributed by atoms with Gasteiger partial charge in [-0.15, -0.1) is 0 Å². The summed E-state index contributed by atoms with van der Waals surface area (Å²) in [6.45, 7) is 9.85. The summed E-state index contributed by atoms with van der Waals surface area (Å²) in [7, 11) is 0. The molecule has 0 atom stereocenters. The Morgan fingerprint density at radius 1 is 1.29 bits per heavy atom. The number of carbonyl (C=O) groups excluding carboxylic acids is 1. The lowest BCUT2D eigenvalue weighted by Crippen LogP contribution is -2.34. The highest BCUT2D eigenvalue weighted by Gasteiger charge is 2.07. The van der Waals surface area contributed by atoms with Gasteiger partial charge in [-0.3, -0.25) is 4.79 Å². The molecule has 0 fully saturated rings. The van der Waals surface area contributed by atoms with Gasteiger partial charge in [0.1, 0.15) is 5.75 Å². The molecule has 1 rings (SSSR count). The van der Waals surface area contributed by atoms with Crippen LogP contribution in [-0.2, 0) is 11.3 Å². The van der Waals surface area contributed by atoms with Crippen LogP contribution in [-0.4, -0.2) is 25.1 Å². The minimum absolute atomic E-state index is 0.0250. The number of carbonyl (C=O) groups is 1. The number of hydrogen-bond acceptors (Lipinski definition) is 3. The molecule has 0 radical (unpaired) electrons. The van der Waals surface area contributed by atoms with Crippen LogP contribution in [0.15, 0.2) is 18.2 Å². The summed E-state index contributed by atoms with van der Waals surface area (Å²) in [6.07, 6.45) is 0. The Morgan fingerprint density at radius 2 is 2.00 bits per heavy atom. The van der Waals surface area contributed by atoms with Crippen molar-refractivity contribution >= 4 is 17.5 Å². The van der Waals surface area contributed by atoms with E-state index in [4.69, 9.17) is 16.3 Å². The first-order valence-electron chi connectivity index (χ1n) is 7.29. The molecule has 0 unspecified atom stereocenters. The highest BCUT2D eigenvalue weighted by Crippen LogP contribution is 2.25. The van der Waals surface area contributed by atoms with Crippen molar-refractivity contribution in [1.29, 1.82) is 0 Å². The van der Waals surface area contributed by atoms with Crippen molar-refractivity contribution < 1.29 is 9.53 Å². The fraction of sp³-hybridized carbons (Fsp3) is 0.562. The van der Waals surface area contributed by atoms with E-state index < -0.39 is 0 Å². The maximum absolute atomic E-state index is 11.5. The predicted molar refractivity (Wildman–Crippen MR) is 86.8 cm³/mol. The molecule has 0 saturated heterocycles. The van der Waals surface area contributed by atoms with E-state index in [0.29, 0.717) is 16.7 Å². The first-order chi connectivity index (χ1) is 9.88. The summed E-state index contributed by atoms with van der Waals surface area (Å²) in [5.41, 5.74) is 1.10. The molecule has 0 aromatic heterocycles. The molecule has 118 valence electrons. The molecular formula is C16H25ClN2O2. The number of rotatable bonds is 8. The van der Waals surface area contributed by atoms with Crippen LogP contribution in [0.25, 0.3) is 0 Å². The van der Waals surface area contributed by atoms with Gasteiger partial charge < -0.3 is 15.4 Å². The average Bonchev–Trinajstić information content (AvgIpc) is 2.36. The van der Waals surface area contributed by atoms with Gasteiger partial charge in [0.05, 0.1) is 5.02 Å². The third-order valence-electron chi connectivity index (χ3n) is 2.69. The van der Waals surface area contributed by atoms with E-state index in [0.717, 1.165) is 18.7 Å². The van der Waals surface area contributed by atoms with E-state index in [1.54, 1.807) is 6.07 Å². The number of halogens is 1. The molecule has 0 aliphatic rings. The summed E-state index contributed by atoms with van der Waals surface area (Å²) in [6, 6.07) is 5.72. The minimum atomic E-state index is -0.149. The highest BCUT2D eigenvalue weighted by atomic mass is 35.5. The van der Waals surface area contributed by atoms with Crippen LogP contribution in [0, 0.1) is 5.92 Å². The Morgan fingerprint density at radius 3 is 2.57 bits per heavy atom. The minimum Gasteiger partial charge on any atom is -0.482 e. The topological polar surface area (TPSA) is 50.4 Å². The highest BCUT2D eigenvalue weighted by molar-refractivity contribution is 6.32. The molecule has 4 nitrogen and oxygen atoms in total. The van der Waals surface area contributed by atoms with E-state index in [-0.39, 0.29) is 18.6 Å². The zero-order chi connectivity index (χ0) is 15.8. The molecule has 0 aliphatic heterocycles. The summed E-state index contributed by atoms with van der Waals surface area (Å²) in [5, 5.41) is 6.65. The van der Waals surface area contributed by atoms with Crippen LogP contribution in [0.1, 0.15) is 33.3 Å². The SMILES string of the molecule is CC(C)CNCc1ccc(OCC(=O)NC(C)C)c(Cl)c1. The Hall–Kier alpha value is -1.26. The predicted octanol–water partition coefficient (Wildman–Crippen LogP) is 2.99. The average molecular weight is 313 g/mol. The van der Waals surface area contributed by atoms with Crippen molar-refractivity contribution in [3.05, 3.63) is 28.8 Å². The van der Waals surface area contributed by atoms with E-state index in [1.807, 2.05) is 26.0 Å². The lowest BCUT2D eigenvalue weighted by atomic mass is 10.2. The van der Waals surface area contributed by atoms with Gasteiger partial charge in [0.2, 0.25) is 0 Å². The third kappa shape index (κ3) is 7.34. The van der Waals surface area contributed by atoms with Gasteiger partial charge in [-0.05, 0) is 44.0 Å². The third-order valence-corrected chi connectivity index (χ3v) is 2.98. The first kappa shape index (κ1) is 17.8. The zero-order valence-electron chi connectivity index (χ0n) is 13.2. The zero-order valence-corrected chi connectivity index (χ0v) is 14.0. The maximum atomic E-state index is 11.5. The fourth-order valence-corrected chi connectivity index (χ4v) is 2.04. The van der Waals surface area contributed by atoms with Crippen LogP contribution in [0.2, 0.25) is 5.02 Å². The van der Waals surface area contributed by atoms with Gasteiger partial charge in [-0.25, -0.2) is 0 Å². The maximum Gasteiger partial charge on any atom is 0.258 e. The summed E-state index contributed by atoms with van der Waals surface area (Å²) >= 11 is 6.18. The first-order valence-corrected chi connectivity index (χ1v) is 7.67. The van der Waals surface area contributed by atoms with Gasteiger partial charge in [0.15, 0.2) is 6.61 Å². The molecular weight excluding hydrogens is 288 g/mol. The lowest BCUT2D eigenvalue weighted by molar-refractivity contribution is -0.123. The smallest absolute Gasteiger partial charge is 0.258 e. The monoisotopic (exact) mass is 312 g/mol. The second-order valence-electron chi connectivity index (χ2n) is 5.80. The van der Waals surface area contributed by atoms with Crippen LogP contribution >= 0.6 is 11.6 Å². The van der Waals surface area contributed by atoms with Crippen molar-refractivity contribution in [1.82, 2.24) is 10.6 Å². The molecule has 21 heavy (non-hydrogen) atoms. The standard InChI is InChI=1S/C16H25ClN2O2/c1-11(2)8-18-9-13-5-6-15(14(17)7-13)21-10-16(20)19-12(3)4/h5-7,11-12,18H,8-10H2,1-4H3,(H,19,20). The van der Waals surface area contributed by atoms with E-state index in [2.05, 4.69) is 24.5 Å². The van der Waals surface area contributed by atoms with Gasteiger partial charge in [0.25, 0.3) is 5.91 Å². The van der Waals surface area contributed by atoms with Gasteiger partial charge >= 0.3 is 0 Å². The summed E-state index contributed by atoms with van der Waals surface area (Å²) < 4.78 is 5.43. The molecule has 0 bridgehead atoms. The number of hydrogen-bond donors (Lipinski definition) is 2. The Kier molecular flexibility index (Phi) is 7.54. The van der Waals surface area contributed by atoms with Gasteiger partial charge in [0, 0.05) is 12.6 Å². The molecule has 0 spiro atoms. The second kappa shape index (κ2) is 8.90. The van der Waals surface area contributed by atoms with Crippen molar-refractivity contribution in [2.75, 3.05) is 13.2 Å². The van der Waals surface area contributed by atoms with Crippen molar-refractivity contribution in [3.8, 4) is 5.75 Å². The summed E-state index contributed by atoms with van der Waals surface area (Å²) in [5.74, 6) is 0.995. The molecule has 1 amide bonds. The van der Waals surface area contributed by atoms with Crippen molar-refractivity contribution in [2.45, 2.75) is 40.3 Å². The van der Waals surface area contributed by atoms with E-state index in [1.165, 1.54) is 0 Å². The number of benzene rings is 1. The van der Waals surface area contributed by atoms with Crippen LogP contribution in [0.4, 0.5) is 0 Å². The van der Waals surface area contributed by atoms with Crippen LogP contribution < -0.4 is 15.4 Å². The molecule has 2 N–H and O–H groups in total. The van der Waals surface area contributed by atoms with Crippen molar-refractivity contribution in [2.24, 2.45) is 5.92 Å². The Labute approximate surface area is 132 Å². The fourth-order valence-electron chi connectivity index (χ4n) is 1.78. The Balaban J connectivity index is 2.48. The number of ether oxygens (including phenoxy) is 1. The van der Waals surface area contributed by atoms with Crippen molar-refractivity contribution in [3.63, 3.8) is 0 Å². The molecule has 0 saturated carbocycles. The normalized spacial score (nSPS) is 11.0. The molecule has 1 aromatic carbocycles. The second-order valence-corrected chi connectivity index (χ2v) is 6.21. The molecule has 0 heterocycles. The van der Waals surface area contributed by atoms with Gasteiger partial charge in [-0.2, -0.15) is 0 Å². The summed E-state index contributed by atoms with van der Waals surface area (Å²) in [4.78, 5) is 11.5. The molecule has 0 aliphatic carbocycles. The van der Waals surface area contributed by atoms with Crippen LogP contribution in [0.5, 0.6) is 5.75 Å². The van der Waals surface area contributed by atoms with Gasteiger partial charge in [-0.1, -0.05) is 31.5 Å². The Bertz CT molecular complexity index is 462. The van der Waals surface area contributed by atoms with Crippen LogP contribution in [0.3, 0.4) is 0 Å². The van der Waals surface area contributed by atoms with E-state index >= 15 is 0 Å².